The molecule has 2 atom stereocenters. The van der Waals surface area contributed by atoms with Crippen LogP contribution in [0.4, 0.5) is 0 Å². The minimum Gasteiger partial charge on any atom is -0.466 e. The van der Waals surface area contributed by atoms with E-state index in [1.54, 1.807) is 6.20 Å². The zero-order valence-electron chi connectivity index (χ0n) is 10.6. The second-order valence-electron chi connectivity index (χ2n) is 4.08. The van der Waals surface area contributed by atoms with E-state index in [4.69, 9.17) is 4.74 Å². The molecule has 0 aliphatic heterocycles. The van der Waals surface area contributed by atoms with E-state index in [0.717, 1.165) is 5.56 Å². The first-order valence-electron chi connectivity index (χ1n) is 5.95. The highest BCUT2D eigenvalue weighted by Crippen LogP contribution is 2.11. The van der Waals surface area contributed by atoms with Crippen LogP contribution in [0.15, 0.2) is 24.5 Å². The Morgan fingerprint density at radius 3 is 2.88 bits per heavy atom. The minimum absolute atomic E-state index is 0.0873. The lowest BCUT2D eigenvalue weighted by Crippen LogP contribution is -2.31. The van der Waals surface area contributed by atoms with Crippen molar-refractivity contribution in [3.05, 3.63) is 30.1 Å². The summed E-state index contributed by atoms with van der Waals surface area (Å²) in [4.78, 5) is 15.4. The van der Waals surface area contributed by atoms with Gasteiger partial charge in [0.05, 0.1) is 13.0 Å². The van der Waals surface area contributed by atoms with Crippen molar-refractivity contribution in [2.45, 2.75) is 39.3 Å². The Labute approximate surface area is 102 Å². The molecule has 4 nitrogen and oxygen atoms in total. The maximum atomic E-state index is 11.3. The SMILES string of the molecule is CCOC(=O)CC(C)N[C@@H](C)c1cccnc1. The summed E-state index contributed by atoms with van der Waals surface area (Å²) in [6.07, 6.45) is 3.96. The van der Waals surface area contributed by atoms with Crippen LogP contribution in [-0.4, -0.2) is 23.6 Å². The number of nitrogens with zero attached hydrogens (tertiary/aromatic N) is 1. The largest absolute Gasteiger partial charge is 0.466 e. The lowest BCUT2D eigenvalue weighted by Gasteiger charge is -2.19. The van der Waals surface area contributed by atoms with Gasteiger partial charge in [-0.3, -0.25) is 9.78 Å². The molecule has 1 heterocycles. The lowest BCUT2D eigenvalue weighted by atomic mass is 10.1. The third-order valence-electron chi connectivity index (χ3n) is 2.50. The van der Waals surface area contributed by atoms with Crippen LogP contribution in [0.3, 0.4) is 0 Å². The number of hydrogen-bond acceptors (Lipinski definition) is 4. The minimum atomic E-state index is -0.161. The van der Waals surface area contributed by atoms with Crippen LogP contribution >= 0.6 is 0 Å². The summed E-state index contributed by atoms with van der Waals surface area (Å²) in [5, 5.41) is 3.34. The number of aromatic nitrogens is 1. The van der Waals surface area contributed by atoms with Gasteiger partial charge in [0.15, 0.2) is 0 Å². The van der Waals surface area contributed by atoms with Gasteiger partial charge in [-0.05, 0) is 32.4 Å². The van der Waals surface area contributed by atoms with Crippen molar-refractivity contribution in [2.24, 2.45) is 0 Å². The molecular weight excluding hydrogens is 216 g/mol. The molecule has 4 heteroatoms. The average molecular weight is 236 g/mol. The first-order valence-corrected chi connectivity index (χ1v) is 5.95. The fourth-order valence-corrected chi connectivity index (χ4v) is 1.68. The van der Waals surface area contributed by atoms with E-state index in [1.165, 1.54) is 0 Å². The van der Waals surface area contributed by atoms with E-state index in [-0.39, 0.29) is 18.1 Å². The van der Waals surface area contributed by atoms with Crippen LogP contribution < -0.4 is 5.32 Å². The van der Waals surface area contributed by atoms with Crippen LogP contribution in [0.1, 0.15) is 38.8 Å². The van der Waals surface area contributed by atoms with Gasteiger partial charge < -0.3 is 10.1 Å². The molecule has 0 spiro atoms. The maximum absolute atomic E-state index is 11.3. The Balaban J connectivity index is 2.41. The summed E-state index contributed by atoms with van der Waals surface area (Å²) in [5.74, 6) is -0.161. The maximum Gasteiger partial charge on any atom is 0.307 e. The number of pyridine rings is 1. The molecule has 0 aliphatic rings. The molecule has 1 aromatic rings. The summed E-state index contributed by atoms with van der Waals surface area (Å²) in [5.41, 5.74) is 1.11. The van der Waals surface area contributed by atoms with Gasteiger partial charge in [-0.25, -0.2) is 0 Å². The third-order valence-corrected chi connectivity index (χ3v) is 2.50. The van der Waals surface area contributed by atoms with E-state index in [1.807, 2.05) is 32.2 Å². The van der Waals surface area contributed by atoms with Crippen molar-refractivity contribution in [1.82, 2.24) is 10.3 Å². The second-order valence-corrected chi connectivity index (χ2v) is 4.08. The van der Waals surface area contributed by atoms with E-state index in [9.17, 15) is 4.79 Å². The quantitative estimate of drug-likeness (QED) is 0.768. The number of esters is 1. The predicted octanol–water partition coefficient (Wildman–Crippen LogP) is 2.07. The molecule has 0 bridgehead atoms. The first kappa shape index (κ1) is 13.6. The zero-order chi connectivity index (χ0) is 12.7. The van der Waals surface area contributed by atoms with E-state index in [2.05, 4.69) is 17.2 Å². The smallest absolute Gasteiger partial charge is 0.307 e. The molecule has 0 aliphatic carbocycles. The Morgan fingerprint density at radius 2 is 2.29 bits per heavy atom. The summed E-state index contributed by atoms with van der Waals surface area (Å²) in [7, 11) is 0. The van der Waals surface area contributed by atoms with Crippen LogP contribution in [0.25, 0.3) is 0 Å². The Bertz CT molecular complexity index is 341. The first-order chi connectivity index (χ1) is 8.13. The van der Waals surface area contributed by atoms with Crippen molar-refractivity contribution < 1.29 is 9.53 Å². The summed E-state index contributed by atoms with van der Waals surface area (Å²) in [6.45, 7) is 6.28. The molecular formula is C13H20N2O2. The molecule has 0 saturated heterocycles. The van der Waals surface area contributed by atoms with Crippen LogP contribution in [-0.2, 0) is 9.53 Å². The molecule has 0 aromatic carbocycles. The molecule has 0 amide bonds. The van der Waals surface area contributed by atoms with Crippen LogP contribution in [0.5, 0.6) is 0 Å². The Hall–Kier alpha value is -1.42. The number of carbonyl (C=O) groups is 1. The monoisotopic (exact) mass is 236 g/mol. The average Bonchev–Trinajstić information content (AvgIpc) is 2.30. The molecule has 0 saturated carbocycles. The van der Waals surface area contributed by atoms with E-state index >= 15 is 0 Å². The summed E-state index contributed by atoms with van der Waals surface area (Å²) >= 11 is 0. The predicted molar refractivity (Wildman–Crippen MR) is 66.5 cm³/mol. The number of rotatable bonds is 6. The molecule has 94 valence electrons. The number of ether oxygens (including phenoxy) is 1. The third kappa shape index (κ3) is 4.95. The highest BCUT2D eigenvalue weighted by molar-refractivity contribution is 5.70. The van der Waals surface area contributed by atoms with Gasteiger partial charge in [-0.2, -0.15) is 0 Å². The van der Waals surface area contributed by atoms with Gasteiger partial charge in [0.1, 0.15) is 0 Å². The lowest BCUT2D eigenvalue weighted by molar-refractivity contribution is -0.143. The Kier molecular flexibility index (Phi) is 5.63. The summed E-state index contributed by atoms with van der Waals surface area (Å²) in [6, 6.07) is 4.18. The van der Waals surface area contributed by atoms with Gasteiger partial charge in [0.2, 0.25) is 0 Å². The van der Waals surface area contributed by atoms with Crippen molar-refractivity contribution in [1.29, 1.82) is 0 Å². The number of carbonyl (C=O) groups excluding carboxylic acids is 1. The molecule has 1 unspecified atom stereocenters. The molecule has 0 radical (unpaired) electrons. The van der Waals surface area contributed by atoms with E-state index in [0.29, 0.717) is 13.0 Å². The normalized spacial score (nSPS) is 14.1. The fraction of sp³-hybridized carbons (Fsp3) is 0.538. The highest BCUT2D eigenvalue weighted by atomic mass is 16.5. The van der Waals surface area contributed by atoms with Crippen molar-refractivity contribution in [2.75, 3.05) is 6.61 Å². The zero-order valence-corrected chi connectivity index (χ0v) is 10.6. The highest BCUT2D eigenvalue weighted by Gasteiger charge is 2.13. The van der Waals surface area contributed by atoms with E-state index < -0.39 is 0 Å². The number of hydrogen-bond donors (Lipinski definition) is 1. The fourth-order valence-electron chi connectivity index (χ4n) is 1.68. The van der Waals surface area contributed by atoms with Crippen molar-refractivity contribution in [3.63, 3.8) is 0 Å². The molecule has 1 rings (SSSR count). The molecule has 1 aromatic heterocycles. The van der Waals surface area contributed by atoms with Crippen molar-refractivity contribution in [3.8, 4) is 0 Å². The van der Waals surface area contributed by atoms with Gasteiger partial charge in [0, 0.05) is 24.5 Å². The van der Waals surface area contributed by atoms with Gasteiger partial charge >= 0.3 is 5.97 Å². The second kappa shape index (κ2) is 7.01. The molecule has 1 N–H and O–H groups in total. The van der Waals surface area contributed by atoms with Gasteiger partial charge in [0.25, 0.3) is 0 Å². The van der Waals surface area contributed by atoms with Crippen molar-refractivity contribution >= 4 is 5.97 Å². The topological polar surface area (TPSA) is 51.2 Å². The van der Waals surface area contributed by atoms with Crippen LogP contribution in [0.2, 0.25) is 0 Å². The summed E-state index contributed by atoms with van der Waals surface area (Å²) < 4.78 is 4.91. The number of nitrogens with one attached hydrogen (secondary N) is 1. The Morgan fingerprint density at radius 1 is 1.53 bits per heavy atom. The molecule has 17 heavy (non-hydrogen) atoms. The standard InChI is InChI=1S/C13H20N2O2/c1-4-17-13(16)8-10(2)15-11(3)12-6-5-7-14-9-12/h5-7,9-11,15H,4,8H2,1-3H3/t10?,11-/m0/s1. The van der Waals surface area contributed by atoms with Crippen LogP contribution in [0, 0.1) is 0 Å². The van der Waals surface area contributed by atoms with Gasteiger partial charge in [-0.1, -0.05) is 6.07 Å². The molecule has 0 fully saturated rings. The van der Waals surface area contributed by atoms with Gasteiger partial charge in [-0.15, -0.1) is 0 Å².